The van der Waals surface area contributed by atoms with Gasteiger partial charge in [0.15, 0.2) is 0 Å². The second-order valence-electron chi connectivity index (χ2n) is 7.85. The molecule has 3 nitrogen and oxygen atoms in total. The van der Waals surface area contributed by atoms with Crippen molar-refractivity contribution in [2.75, 3.05) is 16.3 Å². The van der Waals surface area contributed by atoms with Gasteiger partial charge >= 0.3 is 0 Å². The summed E-state index contributed by atoms with van der Waals surface area (Å²) in [7, 11) is 0. The van der Waals surface area contributed by atoms with Gasteiger partial charge in [0.1, 0.15) is 0 Å². The molecule has 0 saturated carbocycles. The first-order valence-corrected chi connectivity index (χ1v) is 10.0. The molecule has 1 unspecified atom stereocenters. The van der Waals surface area contributed by atoms with Crippen molar-refractivity contribution < 1.29 is 4.79 Å². The van der Waals surface area contributed by atoms with E-state index in [1.807, 2.05) is 29.2 Å². The molecule has 3 heteroatoms. The average molecular weight is 368 g/mol. The minimum Gasteiger partial charge on any atom is -0.367 e. The van der Waals surface area contributed by atoms with Crippen molar-refractivity contribution in [1.29, 1.82) is 0 Å². The quantitative estimate of drug-likeness (QED) is 0.660. The molecule has 0 aromatic heterocycles. The van der Waals surface area contributed by atoms with Gasteiger partial charge in [-0.1, -0.05) is 48.5 Å². The molecule has 0 aliphatic carbocycles. The van der Waals surface area contributed by atoms with Gasteiger partial charge in [0, 0.05) is 36.1 Å². The van der Waals surface area contributed by atoms with E-state index in [4.69, 9.17) is 0 Å². The summed E-state index contributed by atoms with van der Waals surface area (Å²) < 4.78 is 0. The zero-order valence-electron chi connectivity index (χ0n) is 16.1. The number of hydrogen-bond donors (Lipinski definition) is 0. The first-order valence-electron chi connectivity index (χ1n) is 10.0. The number of nitrogens with zero attached hydrogens (tertiary/aromatic N) is 2. The normalized spacial score (nSPS) is 17.5. The summed E-state index contributed by atoms with van der Waals surface area (Å²) in [5, 5.41) is 0. The maximum Gasteiger partial charge on any atom is 0.258 e. The van der Waals surface area contributed by atoms with Gasteiger partial charge in [0.05, 0.1) is 0 Å². The molecule has 0 spiro atoms. The second kappa shape index (κ2) is 6.83. The Morgan fingerprint density at radius 1 is 0.893 bits per heavy atom. The molecule has 2 aliphatic heterocycles. The van der Waals surface area contributed by atoms with E-state index in [9.17, 15) is 4.79 Å². The third kappa shape index (κ3) is 2.88. The molecule has 0 fully saturated rings. The maximum absolute atomic E-state index is 13.2. The predicted molar refractivity (Wildman–Crippen MR) is 114 cm³/mol. The summed E-state index contributed by atoms with van der Waals surface area (Å²) in [6.07, 6.45) is 2.04. The molecule has 0 saturated heterocycles. The van der Waals surface area contributed by atoms with Gasteiger partial charge in [-0.2, -0.15) is 0 Å². The van der Waals surface area contributed by atoms with Crippen molar-refractivity contribution in [1.82, 2.24) is 0 Å². The second-order valence-corrected chi connectivity index (χ2v) is 7.85. The number of para-hydroxylation sites is 2. The molecule has 0 N–H and O–H groups in total. The third-order valence-electron chi connectivity index (χ3n) is 5.98. The standard InChI is InChI=1S/C25H24N2O/c1-18-16-22-7-3-5-9-24(22)27(18)25(28)21-12-10-19(11-13-21)17-26-15-14-20-6-2-4-8-23(20)26/h2-13,18H,14-17H2,1H3. The smallest absolute Gasteiger partial charge is 0.258 e. The SMILES string of the molecule is CC1Cc2ccccc2N1C(=O)c1ccc(CN2CCc3ccccc32)cc1. The molecule has 2 aliphatic rings. The van der Waals surface area contributed by atoms with Crippen LogP contribution in [0.3, 0.4) is 0 Å². The number of carbonyl (C=O) groups is 1. The summed E-state index contributed by atoms with van der Waals surface area (Å²) in [4.78, 5) is 17.5. The molecular weight excluding hydrogens is 344 g/mol. The number of hydrogen-bond acceptors (Lipinski definition) is 2. The van der Waals surface area contributed by atoms with E-state index in [2.05, 4.69) is 60.4 Å². The van der Waals surface area contributed by atoms with Gasteiger partial charge in [-0.25, -0.2) is 0 Å². The van der Waals surface area contributed by atoms with E-state index >= 15 is 0 Å². The van der Waals surface area contributed by atoms with Crippen LogP contribution in [-0.4, -0.2) is 18.5 Å². The summed E-state index contributed by atoms with van der Waals surface area (Å²) in [6.45, 7) is 4.06. The van der Waals surface area contributed by atoms with Crippen molar-refractivity contribution in [2.24, 2.45) is 0 Å². The highest BCUT2D eigenvalue weighted by molar-refractivity contribution is 6.07. The van der Waals surface area contributed by atoms with E-state index in [0.717, 1.165) is 37.2 Å². The summed E-state index contributed by atoms with van der Waals surface area (Å²) in [6, 6.07) is 25.2. The molecule has 1 amide bonds. The summed E-state index contributed by atoms with van der Waals surface area (Å²) >= 11 is 0. The molecule has 2 heterocycles. The van der Waals surface area contributed by atoms with Crippen molar-refractivity contribution in [3.05, 3.63) is 95.1 Å². The Morgan fingerprint density at radius 3 is 2.36 bits per heavy atom. The Morgan fingerprint density at radius 2 is 1.57 bits per heavy atom. The molecule has 5 rings (SSSR count). The first kappa shape index (κ1) is 17.1. The van der Waals surface area contributed by atoms with Crippen LogP contribution in [0.1, 0.15) is 34.0 Å². The molecule has 1 atom stereocenters. The molecule has 140 valence electrons. The van der Waals surface area contributed by atoms with Crippen LogP contribution in [0.15, 0.2) is 72.8 Å². The van der Waals surface area contributed by atoms with Crippen molar-refractivity contribution in [3.8, 4) is 0 Å². The van der Waals surface area contributed by atoms with Crippen molar-refractivity contribution in [3.63, 3.8) is 0 Å². The minimum atomic E-state index is 0.0931. The fraction of sp³-hybridized carbons (Fsp3) is 0.240. The Hall–Kier alpha value is -3.07. The van der Waals surface area contributed by atoms with E-state index in [1.165, 1.54) is 22.4 Å². The van der Waals surface area contributed by atoms with Crippen LogP contribution in [-0.2, 0) is 19.4 Å². The fourth-order valence-corrected chi connectivity index (χ4v) is 4.56. The van der Waals surface area contributed by atoms with Crippen LogP contribution < -0.4 is 9.80 Å². The Bertz CT molecular complexity index is 1020. The molecular formula is C25H24N2O. The lowest BCUT2D eigenvalue weighted by molar-refractivity contribution is 0.0981. The van der Waals surface area contributed by atoms with E-state index in [1.54, 1.807) is 0 Å². The summed E-state index contributed by atoms with van der Waals surface area (Å²) in [5.41, 5.74) is 7.07. The maximum atomic E-state index is 13.2. The zero-order valence-corrected chi connectivity index (χ0v) is 16.1. The molecule has 0 radical (unpaired) electrons. The van der Waals surface area contributed by atoms with Crippen LogP contribution in [0.25, 0.3) is 0 Å². The van der Waals surface area contributed by atoms with Gasteiger partial charge in [-0.3, -0.25) is 4.79 Å². The highest BCUT2D eigenvalue weighted by Gasteiger charge is 2.31. The van der Waals surface area contributed by atoms with Crippen LogP contribution in [0.4, 0.5) is 11.4 Å². The van der Waals surface area contributed by atoms with Crippen molar-refractivity contribution in [2.45, 2.75) is 32.4 Å². The molecule has 3 aromatic rings. The fourth-order valence-electron chi connectivity index (χ4n) is 4.56. The highest BCUT2D eigenvalue weighted by atomic mass is 16.2. The zero-order chi connectivity index (χ0) is 19.1. The van der Waals surface area contributed by atoms with Gasteiger partial charge in [0.2, 0.25) is 0 Å². The largest absolute Gasteiger partial charge is 0.367 e. The highest BCUT2D eigenvalue weighted by Crippen LogP contribution is 2.33. The van der Waals surface area contributed by atoms with Gasteiger partial charge in [-0.05, 0) is 60.7 Å². The van der Waals surface area contributed by atoms with Crippen LogP contribution in [0.5, 0.6) is 0 Å². The van der Waals surface area contributed by atoms with Crippen LogP contribution in [0, 0.1) is 0 Å². The van der Waals surface area contributed by atoms with Gasteiger partial charge in [0.25, 0.3) is 5.91 Å². The Labute approximate surface area is 166 Å². The first-order chi connectivity index (χ1) is 13.7. The number of rotatable bonds is 3. The molecule has 28 heavy (non-hydrogen) atoms. The number of benzene rings is 3. The van der Waals surface area contributed by atoms with Crippen LogP contribution >= 0.6 is 0 Å². The minimum absolute atomic E-state index is 0.0931. The van der Waals surface area contributed by atoms with Gasteiger partial charge < -0.3 is 9.80 Å². The molecule has 0 bridgehead atoms. The summed E-state index contributed by atoms with van der Waals surface area (Å²) in [5.74, 6) is 0.0931. The molecule has 3 aromatic carbocycles. The number of anilines is 2. The van der Waals surface area contributed by atoms with E-state index < -0.39 is 0 Å². The van der Waals surface area contributed by atoms with E-state index in [-0.39, 0.29) is 11.9 Å². The predicted octanol–water partition coefficient (Wildman–Crippen LogP) is 4.84. The number of fused-ring (bicyclic) bond motifs is 2. The number of amides is 1. The van der Waals surface area contributed by atoms with E-state index in [0.29, 0.717) is 0 Å². The lowest BCUT2D eigenvalue weighted by Gasteiger charge is -2.23. The lowest BCUT2D eigenvalue weighted by Crippen LogP contribution is -2.35. The Kier molecular flexibility index (Phi) is 4.16. The average Bonchev–Trinajstić information content (AvgIpc) is 3.28. The Balaban J connectivity index is 1.34. The lowest BCUT2D eigenvalue weighted by atomic mass is 10.1. The topological polar surface area (TPSA) is 23.6 Å². The monoisotopic (exact) mass is 368 g/mol. The number of carbonyl (C=O) groups excluding carboxylic acids is 1. The van der Waals surface area contributed by atoms with Crippen molar-refractivity contribution >= 4 is 17.3 Å². The third-order valence-corrected chi connectivity index (χ3v) is 5.98. The van der Waals surface area contributed by atoms with Gasteiger partial charge in [-0.15, -0.1) is 0 Å². The van der Waals surface area contributed by atoms with Crippen LogP contribution in [0.2, 0.25) is 0 Å².